The summed E-state index contributed by atoms with van der Waals surface area (Å²) in [7, 11) is 0. The SMILES string of the molecule is CCC(C)NC(=O)NCCCNC(=O)N1CCC2CCCC=C2C1. The molecule has 0 bridgehead atoms. The number of carbonyl (C=O) groups excluding carboxylic acids is 2. The van der Waals surface area contributed by atoms with Crippen molar-refractivity contribution in [2.75, 3.05) is 26.2 Å². The highest BCUT2D eigenvalue weighted by Crippen LogP contribution is 2.31. The van der Waals surface area contributed by atoms with Crippen molar-refractivity contribution in [3.63, 3.8) is 0 Å². The summed E-state index contributed by atoms with van der Waals surface area (Å²) in [6.45, 7) is 6.80. The molecular weight excluding hydrogens is 304 g/mol. The van der Waals surface area contributed by atoms with Gasteiger partial charge in [-0.2, -0.15) is 0 Å². The fourth-order valence-electron chi connectivity index (χ4n) is 3.29. The number of allylic oxidation sites excluding steroid dienone is 1. The van der Waals surface area contributed by atoms with Crippen LogP contribution < -0.4 is 16.0 Å². The first-order chi connectivity index (χ1) is 11.6. The second kappa shape index (κ2) is 9.55. The van der Waals surface area contributed by atoms with Crippen molar-refractivity contribution in [2.24, 2.45) is 5.92 Å². The Morgan fingerprint density at radius 1 is 1.29 bits per heavy atom. The van der Waals surface area contributed by atoms with E-state index >= 15 is 0 Å². The lowest BCUT2D eigenvalue weighted by Gasteiger charge is -2.36. The smallest absolute Gasteiger partial charge is 0.317 e. The van der Waals surface area contributed by atoms with Crippen LogP contribution in [0, 0.1) is 5.92 Å². The lowest BCUT2D eigenvalue weighted by molar-refractivity contribution is 0.186. The average Bonchev–Trinajstić information content (AvgIpc) is 2.60. The monoisotopic (exact) mass is 336 g/mol. The Bertz CT molecular complexity index is 464. The second-order valence-corrected chi connectivity index (χ2v) is 6.91. The van der Waals surface area contributed by atoms with E-state index in [-0.39, 0.29) is 18.1 Å². The molecule has 0 spiro atoms. The zero-order valence-corrected chi connectivity index (χ0v) is 15.1. The molecule has 1 aliphatic heterocycles. The van der Waals surface area contributed by atoms with Gasteiger partial charge in [0.15, 0.2) is 0 Å². The molecule has 1 saturated heterocycles. The van der Waals surface area contributed by atoms with Gasteiger partial charge in [0.1, 0.15) is 0 Å². The molecular formula is C18H32N4O2. The first kappa shape index (κ1) is 18.6. The molecule has 0 aromatic carbocycles. The molecule has 2 unspecified atom stereocenters. The quantitative estimate of drug-likeness (QED) is 0.515. The van der Waals surface area contributed by atoms with E-state index in [2.05, 4.69) is 22.0 Å². The van der Waals surface area contributed by atoms with Gasteiger partial charge in [0.2, 0.25) is 0 Å². The van der Waals surface area contributed by atoms with E-state index in [4.69, 9.17) is 0 Å². The van der Waals surface area contributed by atoms with Gasteiger partial charge in [-0.1, -0.05) is 18.6 Å². The predicted octanol–water partition coefficient (Wildman–Crippen LogP) is 2.62. The number of urea groups is 2. The summed E-state index contributed by atoms with van der Waals surface area (Å²) < 4.78 is 0. The lowest BCUT2D eigenvalue weighted by Crippen LogP contribution is -2.46. The maximum Gasteiger partial charge on any atom is 0.317 e. The number of nitrogens with zero attached hydrogens (tertiary/aromatic N) is 1. The molecule has 3 N–H and O–H groups in total. The molecule has 6 nitrogen and oxygen atoms in total. The largest absolute Gasteiger partial charge is 0.338 e. The fourth-order valence-corrected chi connectivity index (χ4v) is 3.29. The first-order valence-electron chi connectivity index (χ1n) is 9.36. The van der Waals surface area contributed by atoms with Gasteiger partial charge in [-0.05, 0) is 51.4 Å². The Morgan fingerprint density at radius 2 is 2.08 bits per heavy atom. The van der Waals surface area contributed by atoms with Crippen LogP contribution in [0.5, 0.6) is 0 Å². The number of nitrogens with one attached hydrogen (secondary N) is 3. The van der Waals surface area contributed by atoms with Crippen LogP contribution in [0.25, 0.3) is 0 Å². The maximum atomic E-state index is 12.2. The van der Waals surface area contributed by atoms with Crippen LogP contribution in [0.1, 0.15) is 52.4 Å². The molecule has 2 atom stereocenters. The molecule has 0 saturated carbocycles. The Balaban J connectivity index is 1.58. The van der Waals surface area contributed by atoms with Crippen LogP contribution >= 0.6 is 0 Å². The van der Waals surface area contributed by atoms with E-state index in [0.717, 1.165) is 38.8 Å². The highest BCUT2D eigenvalue weighted by Gasteiger charge is 2.27. The van der Waals surface area contributed by atoms with Crippen LogP contribution in [0.2, 0.25) is 0 Å². The minimum absolute atomic E-state index is 0.0176. The van der Waals surface area contributed by atoms with Crippen molar-refractivity contribution in [3.8, 4) is 0 Å². The van der Waals surface area contributed by atoms with Crippen molar-refractivity contribution < 1.29 is 9.59 Å². The molecule has 4 amide bonds. The van der Waals surface area contributed by atoms with Gasteiger partial charge in [0.05, 0.1) is 0 Å². The molecule has 2 rings (SSSR count). The van der Waals surface area contributed by atoms with E-state index < -0.39 is 0 Å². The number of rotatable bonds is 6. The highest BCUT2D eigenvalue weighted by atomic mass is 16.2. The average molecular weight is 336 g/mol. The number of hydrogen-bond acceptors (Lipinski definition) is 2. The Morgan fingerprint density at radius 3 is 2.88 bits per heavy atom. The Labute approximate surface area is 145 Å². The van der Waals surface area contributed by atoms with Crippen molar-refractivity contribution >= 4 is 12.1 Å². The van der Waals surface area contributed by atoms with E-state index in [9.17, 15) is 9.59 Å². The Kier molecular flexibility index (Phi) is 7.40. The number of likely N-dealkylation sites (tertiary alicyclic amines) is 1. The molecule has 2 aliphatic rings. The molecule has 136 valence electrons. The third-order valence-corrected chi connectivity index (χ3v) is 5.00. The summed E-state index contributed by atoms with van der Waals surface area (Å²) in [4.78, 5) is 25.7. The first-order valence-corrected chi connectivity index (χ1v) is 9.36. The molecule has 1 fully saturated rings. The molecule has 0 aromatic heterocycles. The lowest BCUT2D eigenvalue weighted by atomic mass is 9.82. The summed E-state index contributed by atoms with van der Waals surface area (Å²) in [5.41, 5.74) is 1.45. The van der Waals surface area contributed by atoms with Crippen LogP contribution in [-0.4, -0.2) is 49.2 Å². The van der Waals surface area contributed by atoms with Crippen molar-refractivity contribution in [1.82, 2.24) is 20.9 Å². The number of carbonyl (C=O) groups is 2. The molecule has 6 heteroatoms. The zero-order chi connectivity index (χ0) is 17.4. The third-order valence-electron chi connectivity index (χ3n) is 5.00. The summed E-state index contributed by atoms with van der Waals surface area (Å²) in [5, 5.41) is 8.63. The van der Waals surface area contributed by atoms with Gasteiger partial charge in [-0.25, -0.2) is 9.59 Å². The van der Waals surface area contributed by atoms with Gasteiger partial charge in [-0.15, -0.1) is 0 Å². The van der Waals surface area contributed by atoms with E-state index in [1.165, 1.54) is 18.4 Å². The minimum atomic E-state index is -0.137. The summed E-state index contributed by atoms with van der Waals surface area (Å²) in [5.74, 6) is 0.705. The zero-order valence-electron chi connectivity index (χ0n) is 15.1. The highest BCUT2D eigenvalue weighted by molar-refractivity contribution is 5.75. The van der Waals surface area contributed by atoms with E-state index in [1.807, 2.05) is 18.7 Å². The molecule has 1 aliphatic carbocycles. The Hall–Kier alpha value is -1.72. The normalized spacial score (nSPS) is 21.3. The fraction of sp³-hybridized carbons (Fsp3) is 0.778. The van der Waals surface area contributed by atoms with Gasteiger partial charge in [0.25, 0.3) is 0 Å². The van der Waals surface area contributed by atoms with Gasteiger partial charge in [0, 0.05) is 32.2 Å². The van der Waals surface area contributed by atoms with Crippen molar-refractivity contribution in [1.29, 1.82) is 0 Å². The standard InChI is InChI=1S/C18H32N4O2/c1-3-14(2)21-17(23)19-10-6-11-20-18(24)22-12-9-15-7-4-5-8-16(15)13-22/h8,14-15H,3-7,9-13H2,1-2H3,(H,20,24)(H2,19,21,23). The second-order valence-electron chi connectivity index (χ2n) is 6.91. The summed E-state index contributed by atoms with van der Waals surface area (Å²) >= 11 is 0. The topological polar surface area (TPSA) is 73.5 Å². The van der Waals surface area contributed by atoms with Gasteiger partial charge in [-0.3, -0.25) is 0 Å². The molecule has 0 aromatic rings. The number of amides is 4. The van der Waals surface area contributed by atoms with Gasteiger partial charge >= 0.3 is 12.1 Å². The van der Waals surface area contributed by atoms with Crippen LogP contribution in [0.3, 0.4) is 0 Å². The van der Waals surface area contributed by atoms with Gasteiger partial charge < -0.3 is 20.9 Å². The maximum absolute atomic E-state index is 12.2. The molecule has 24 heavy (non-hydrogen) atoms. The van der Waals surface area contributed by atoms with Crippen LogP contribution in [-0.2, 0) is 0 Å². The van der Waals surface area contributed by atoms with E-state index in [0.29, 0.717) is 19.0 Å². The predicted molar refractivity (Wildman–Crippen MR) is 95.9 cm³/mol. The van der Waals surface area contributed by atoms with Crippen molar-refractivity contribution in [2.45, 2.75) is 58.4 Å². The third kappa shape index (κ3) is 5.73. The van der Waals surface area contributed by atoms with E-state index in [1.54, 1.807) is 0 Å². The number of fused-ring (bicyclic) bond motifs is 1. The summed E-state index contributed by atoms with van der Waals surface area (Å²) in [6, 6.07) is 0.0627. The van der Waals surface area contributed by atoms with Crippen LogP contribution in [0.4, 0.5) is 9.59 Å². The number of hydrogen-bond donors (Lipinski definition) is 3. The summed E-state index contributed by atoms with van der Waals surface area (Å²) in [6.07, 6.45) is 8.80. The minimum Gasteiger partial charge on any atom is -0.338 e. The molecule has 0 radical (unpaired) electrons. The van der Waals surface area contributed by atoms with Crippen molar-refractivity contribution in [3.05, 3.63) is 11.6 Å². The molecule has 1 heterocycles. The van der Waals surface area contributed by atoms with Crippen LogP contribution in [0.15, 0.2) is 11.6 Å². The number of piperidine rings is 1.